The highest BCUT2D eigenvalue weighted by Gasteiger charge is 2.11. The van der Waals surface area contributed by atoms with Crippen molar-refractivity contribution in [2.75, 3.05) is 0 Å². The van der Waals surface area contributed by atoms with Crippen molar-refractivity contribution in [2.45, 2.75) is 52.7 Å². The van der Waals surface area contributed by atoms with Gasteiger partial charge in [-0.25, -0.2) is 4.39 Å². The number of hydrogen-bond acceptors (Lipinski definition) is 3. The van der Waals surface area contributed by atoms with Gasteiger partial charge in [-0.3, -0.25) is 9.36 Å². The summed E-state index contributed by atoms with van der Waals surface area (Å²) in [6.45, 7) is 6.70. The molecule has 0 saturated heterocycles. The number of halogens is 1. The molecule has 1 N–H and O–H groups in total. The van der Waals surface area contributed by atoms with Gasteiger partial charge in [0, 0.05) is 55.8 Å². The quantitative estimate of drug-likeness (QED) is 0.575. The number of nitrogens with one attached hydrogen (secondary N) is 1. The monoisotopic (exact) mass is 369 g/mol. The zero-order valence-corrected chi connectivity index (χ0v) is 16.4. The first kappa shape index (κ1) is 19.3. The van der Waals surface area contributed by atoms with Gasteiger partial charge in [-0.05, 0) is 37.6 Å². The molecule has 0 bridgehead atoms. The summed E-state index contributed by atoms with van der Waals surface area (Å²) in [5, 5.41) is 12.6. The minimum atomic E-state index is -0.235. The van der Waals surface area contributed by atoms with Gasteiger partial charge in [-0.1, -0.05) is 19.8 Å². The van der Waals surface area contributed by atoms with E-state index in [4.69, 9.17) is 0 Å². The van der Waals surface area contributed by atoms with Crippen LogP contribution in [0, 0.1) is 12.7 Å². The Morgan fingerprint density at radius 3 is 2.48 bits per heavy atom. The van der Waals surface area contributed by atoms with Crippen LogP contribution >= 0.6 is 0 Å². The SMILES string of the molecule is CCCCCn1cc(CNCc2cn(C)nc2-c2ccc(F)cc2)c(C)n1. The van der Waals surface area contributed by atoms with Gasteiger partial charge in [0.15, 0.2) is 0 Å². The average Bonchev–Trinajstić information content (AvgIpc) is 3.18. The highest BCUT2D eigenvalue weighted by molar-refractivity contribution is 5.62. The van der Waals surface area contributed by atoms with Crippen LogP contribution in [0.15, 0.2) is 36.7 Å². The standard InChI is InChI=1S/C21H28FN5/c1-4-5-6-11-27-15-18(16(2)24-27)12-23-13-19-14-26(3)25-21(19)17-7-9-20(22)10-8-17/h7-10,14-15,23H,4-6,11-13H2,1-3H3. The second-order valence-electron chi connectivity index (χ2n) is 7.00. The van der Waals surface area contributed by atoms with E-state index >= 15 is 0 Å². The molecule has 0 radical (unpaired) electrons. The highest BCUT2D eigenvalue weighted by atomic mass is 19.1. The van der Waals surface area contributed by atoms with Crippen LogP contribution in [-0.2, 0) is 26.7 Å². The molecule has 27 heavy (non-hydrogen) atoms. The molecule has 0 aliphatic carbocycles. The lowest BCUT2D eigenvalue weighted by Crippen LogP contribution is -2.13. The maximum atomic E-state index is 13.2. The van der Waals surface area contributed by atoms with Crippen LogP contribution in [0.3, 0.4) is 0 Å². The van der Waals surface area contributed by atoms with Crippen LogP contribution in [0.1, 0.15) is 43.0 Å². The number of rotatable bonds is 9. The Bertz CT molecular complexity index is 863. The lowest BCUT2D eigenvalue weighted by molar-refractivity contribution is 0.550. The van der Waals surface area contributed by atoms with E-state index in [0.717, 1.165) is 35.6 Å². The number of aryl methyl sites for hydroxylation is 3. The predicted molar refractivity (Wildman–Crippen MR) is 106 cm³/mol. The summed E-state index contributed by atoms with van der Waals surface area (Å²) in [6.07, 6.45) is 7.77. The van der Waals surface area contributed by atoms with Gasteiger partial charge >= 0.3 is 0 Å². The van der Waals surface area contributed by atoms with Crippen molar-refractivity contribution >= 4 is 0 Å². The Hall–Kier alpha value is -2.47. The van der Waals surface area contributed by atoms with Gasteiger partial charge < -0.3 is 5.32 Å². The maximum Gasteiger partial charge on any atom is 0.123 e. The molecule has 144 valence electrons. The average molecular weight is 369 g/mol. The highest BCUT2D eigenvalue weighted by Crippen LogP contribution is 2.22. The Labute approximate surface area is 160 Å². The number of aromatic nitrogens is 4. The predicted octanol–water partition coefficient (Wildman–Crippen LogP) is 4.21. The summed E-state index contributed by atoms with van der Waals surface area (Å²) in [5.74, 6) is -0.235. The molecule has 0 amide bonds. The molecule has 3 aromatic rings. The van der Waals surface area contributed by atoms with Crippen molar-refractivity contribution in [2.24, 2.45) is 7.05 Å². The number of nitrogens with zero attached hydrogens (tertiary/aromatic N) is 4. The lowest BCUT2D eigenvalue weighted by Gasteiger charge is -2.05. The summed E-state index contributed by atoms with van der Waals surface area (Å²) in [6, 6.07) is 6.48. The largest absolute Gasteiger partial charge is 0.308 e. The van der Waals surface area contributed by atoms with Gasteiger partial charge in [-0.15, -0.1) is 0 Å². The molecule has 2 aromatic heterocycles. The molecule has 0 spiro atoms. The Morgan fingerprint density at radius 2 is 1.74 bits per heavy atom. The smallest absolute Gasteiger partial charge is 0.123 e. The van der Waals surface area contributed by atoms with Crippen LogP contribution in [0.5, 0.6) is 0 Å². The van der Waals surface area contributed by atoms with E-state index in [9.17, 15) is 4.39 Å². The molecule has 0 unspecified atom stereocenters. The molecular formula is C21H28FN5. The zero-order valence-electron chi connectivity index (χ0n) is 16.4. The molecule has 0 fully saturated rings. The van der Waals surface area contributed by atoms with Crippen molar-refractivity contribution in [3.05, 3.63) is 59.3 Å². The third-order valence-electron chi connectivity index (χ3n) is 4.69. The second kappa shape index (κ2) is 8.95. The Kier molecular flexibility index (Phi) is 6.40. The molecule has 6 heteroatoms. The molecule has 0 atom stereocenters. The summed E-state index contributed by atoms with van der Waals surface area (Å²) in [4.78, 5) is 0. The topological polar surface area (TPSA) is 47.7 Å². The first-order chi connectivity index (χ1) is 13.1. The van der Waals surface area contributed by atoms with Crippen LogP contribution in [0.2, 0.25) is 0 Å². The second-order valence-corrected chi connectivity index (χ2v) is 7.00. The molecule has 2 heterocycles. The van der Waals surface area contributed by atoms with Gasteiger partial charge in [0.2, 0.25) is 0 Å². The van der Waals surface area contributed by atoms with E-state index in [0.29, 0.717) is 6.54 Å². The van der Waals surface area contributed by atoms with Gasteiger partial charge in [0.25, 0.3) is 0 Å². The van der Waals surface area contributed by atoms with Crippen molar-refractivity contribution in [3.8, 4) is 11.3 Å². The summed E-state index contributed by atoms with van der Waals surface area (Å²) in [7, 11) is 1.90. The first-order valence-electron chi connectivity index (χ1n) is 9.59. The molecule has 0 aliphatic heterocycles. The zero-order chi connectivity index (χ0) is 19.2. The third-order valence-corrected chi connectivity index (χ3v) is 4.69. The summed E-state index contributed by atoms with van der Waals surface area (Å²) in [5.41, 5.74) is 5.20. The van der Waals surface area contributed by atoms with Crippen LogP contribution in [-0.4, -0.2) is 19.6 Å². The minimum Gasteiger partial charge on any atom is -0.308 e. The van der Waals surface area contributed by atoms with E-state index in [2.05, 4.69) is 40.2 Å². The normalized spacial score (nSPS) is 11.3. The van der Waals surface area contributed by atoms with Crippen molar-refractivity contribution < 1.29 is 4.39 Å². The fourth-order valence-electron chi connectivity index (χ4n) is 3.22. The van der Waals surface area contributed by atoms with Gasteiger partial charge in [-0.2, -0.15) is 10.2 Å². The van der Waals surface area contributed by atoms with Crippen molar-refractivity contribution in [3.63, 3.8) is 0 Å². The number of unbranched alkanes of at least 4 members (excludes halogenated alkanes) is 2. The summed E-state index contributed by atoms with van der Waals surface area (Å²) >= 11 is 0. The van der Waals surface area contributed by atoms with E-state index in [1.807, 2.05) is 13.2 Å². The van der Waals surface area contributed by atoms with Crippen molar-refractivity contribution in [1.82, 2.24) is 24.9 Å². The molecule has 3 rings (SSSR count). The molecule has 0 aliphatic rings. The van der Waals surface area contributed by atoms with Crippen LogP contribution in [0.25, 0.3) is 11.3 Å². The van der Waals surface area contributed by atoms with Crippen LogP contribution < -0.4 is 5.32 Å². The van der Waals surface area contributed by atoms with Crippen LogP contribution in [0.4, 0.5) is 4.39 Å². The fraction of sp³-hybridized carbons (Fsp3) is 0.429. The van der Waals surface area contributed by atoms with Gasteiger partial charge in [0.05, 0.1) is 11.4 Å². The molecule has 0 saturated carbocycles. The fourth-order valence-corrected chi connectivity index (χ4v) is 3.22. The first-order valence-corrected chi connectivity index (χ1v) is 9.59. The Balaban J connectivity index is 1.62. The van der Waals surface area contributed by atoms with E-state index in [1.54, 1.807) is 16.8 Å². The van der Waals surface area contributed by atoms with Gasteiger partial charge in [0.1, 0.15) is 5.82 Å². The summed E-state index contributed by atoms with van der Waals surface area (Å²) < 4.78 is 17.0. The Morgan fingerprint density at radius 1 is 1.00 bits per heavy atom. The third kappa shape index (κ3) is 5.04. The maximum absolute atomic E-state index is 13.2. The van der Waals surface area contributed by atoms with Crippen molar-refractivity contribution in [1.29, 1.82) is 0 Å². The lowest BCUT2D eigenvalue weighted by atomic mass is 10.1. The molecule has 5 nitrogen and oxygen atoms in total. The van der Waals surface area contributed by atoms with E-state index < -0.39 is 0 Å². The molecular weight excluding hydrogens is 341 g/mol. The molecule has 1 aromatic carbocycles. The van der Waals surface area contributed by atoms with E-state index in [1.165, 1.54) is 37.0 Å². The minimum absolute atomic E-state index is 0.235. The number of benzene rings is 1. The van der Waals surface area contributed by atoms with E-state index in [-0.39, 0.29) is 5.82 Å². The number of hydrogen-bond donors (Lipinski definition) is 1.